The second-order valence-electron chi connectivity index (χ2n) is 6.42. The summed E-state index contributed by atoms with van der Waals surface area (Å²) in [6.07, 6.45) is 0. The fourth-order valence-electron chi connectivity index (χ4n) is 2.74. The van der Waals surface area contributed by atoms with Gasteiger partial charge in [-0.05, 0) is 49.4 Å². The first-order chi connectivity index (χ1) is 14.0. The molecule has 0 radical (unpaired) electrons. The summed E-state index contributed by atoms with van der Waals surface area (Å²) in [5.41, 5.74) is 3.06. The zero-order valence-electron chi connectivity index (χ0n) is 16.5. The van der Waals surface area contributed by atoms with Crippen LogP contribution in [0.4, 0.5) is 11.4 Å². The molecule has 0 aromatic heterocycles. The van der Waals surface area contributed by atoms with E-state index < -0.39 is 0 Å². The predicted octanol–water partition coefficient (Wildman–Crippen LogP) is 4.52. The van der Waals surface area contributed by atoms with E-state index in [0.29, 0.717) is 34.0 Å². The molecular formula is C23H22N2O4. The molecule has 0 bridgehead atoms. The maximum Gasteiger partial charge on any atom is 0.255 e. The average Bonchev–Trinajstić information content (AvgIpc) is 2.75. The van der Waals surface area contributed by atoms with Gasteiger partial charge in [0.1, 0.15) is 11.5 Å². The van der Waals surface area contributed by atoms with E-state index in [1.54, 1.807) is 49.6 Å². The Labute approximate surface area is 169 Å². The SMILES string of the molecule is COc1ccc(NC(=O)c2cccc(C(=O)Nc3ccc(C)cc3)c2)c(OC)c1. The van der Waals surface area contributed by atoms with E-state index in [2.05, 4.69) is 10.6 Å². The molecule has 0 saturated carbocycles. The van der Waals surface area contributed by atoms with Crippen molar-refractivity contribution in [3.63, 3.8) is 0 Å². The molecule has 0 saturated heterocycles. The molecule has 0 aliphatic heterocycles. The van der Waals surface area contributed by atoms with Crippen molar-refractivity contribution in [3.8, 4) is 11.5 Å². The number of aryl methyl sites for hydroxylation is 1. The first-order valence-electron chi connectivity index (χ1n) is 9.01. The highest BCUT2D eigenvalue weighted by molar-refractivity contribution is 6.09. The van der Waals surface area contributed by atoms with Crippen LogP contribution in [0.3, 0.4) is 0 Å². The fourth-order valence-corrected chi connectivity index (χ4v) is 2.74. The molecule has 3 rings (SSSR count). The van der Waals surface area contributed by atoms with Crippen molar-refractivity contribution < 1.29 is 19.1 Å². The number of carbonyl (C=O) groups is 2. The molecular weight excluding hydrogens is 368 g/mol. The third-order valence-electron chi connectivity index (χ3n) is 4.35. The minimum Gasteiger partial charge on any atom is -0.497 e. The Morgan fingerprint density at radius 3 is 2.03 bits per heavy atom. The minimum absolute atomic E-state index is 0.287. The van der Waals surface area contributed by atoms with Crippen LogP contribution in [0.15, 0.2) is 66.7 Å². The Kier molecular flexibility index (Phi) is 6.14. The molecule has 3 aromatic carbocycles. The molecule has 2 N–H and O–H groups in total. The van der Waals surface area contributed by atoms with E-state index in [9.17, 15) is 9.59 Å². The van der Waals surface area contributed by atoms with Gasteiger partial charge in [-0.3, -0.25) is 9.59 Å². The zero-order valence-corrected chi connectivity index (χ0v) is 16.5. The number of rotatable bonds is 6. The summed E-state index contributed by atoms with van der Waals surface area (Å²) in [7, 11) is 3.07. The number of nitrogens with one attached hydrogen (secondary N) is 2. The first kappa shape index (κ1) is 19.9. The van der Waals surface area contributed by atoms with E-state index in [1.807, 2.05) is 31.2 Å². The topological polar surface area (TPSA) is 76.7 Å². The number of amides is 2. The highest BCUT2D eigenvalue weighted by Gasteiger charge is 2.13. The van der Waals surface area contributed by atoms with Gasteiger partial charge in [-0.1, -0.05) is 23.8 Å². The van der Waals surface area contributed by atoms with Gasteiger partial charge in [-0.25, -0.2) is 0 Å². The highest BCUT2D eigenvalue weighted by Crippen LogP contribution is 2.29. The van der Waals surface area contributed by atoms with Gasteiger partial charge in [0.15, 0.2) is 0 Å². The Balaban J connectivity index is 1.75. The molecule has 0 heterocycles. The molecule has 0 unspecified atom stereocenters. The molecule has 2 amide bonds. The van der Waals surface area contributed by atoms with Crippen LogP contribution < -0.4 is 20.1 Å². The van der Waals surface area contributed by atoms with Crippen LogP contribution in [-0.2, 0) is 0 Å². The van der Waals surface area contributed by atoms with Crippen molar-refractivity contribution in [1.82, 2.24) is 0 Å². The van der Waals surface area contributed by atoms with Crippen LogP contribution in [0.25, 0.3) is 0 Å². The summed E-state index contributed by atoms with van der Waals surface area (Å²) in [5.74, 6) is 0.463. The lowest BCUT2D eigenvalue weighted by Gasteiger charge is -2.12. The average molecular weight is 390 g/mol. The molecule has 6 nitrogen and oxygen atoms in total. The number of ether oxygens (including phenoxy) is 2. The second-order valence-corrected chi connectivity index (χ2v) is 6.42. The summed E-state index contributed by atoms with van der Waals surface area (Å²) in [6.45, 7) is 1.98. The van der Waals surface area contributed by atoms with E-state index in [-0.39, 0.29) is 11.8 Å². The van der Waals surface area contributed by atoms with Crippen molar-refractivity contribution in [3.05, 3.63) is 83.4 Å². The lowest BCUT2D eigenvalue weighted by molar-refractivity contribution is 0.102. The summed E-state index contributed by atoms with van der Waals surface area (Å²) in [4.78, 5) is 25.2. The quantitative estimate of drug-likeness (QED) is 0.649. The van der Waals surface area contributed by atoms with Gasteiger partial charge >= 0.3 is 0 Å². The molecule has 0 aliphatic carbocycles. The smallest absolute Gasteiger partial charge is 0.255 e. The first-order valence-corrected chi connectivity index (χ1v) is 9.01. The van der Waals surface area contributed by atoms with Crippen molar-refractivity contribution in [2.24, 2.45) is 0 Å². The largest absolute Gasteiger partial charge is 0.497 e. The third-order valence-corrected chi connectivity index (χ3v) is 4.35. The molecule has 6 heteroatoms. The van der Waals surface area contributed by atoms with Gasteiger partial charge in [0.2, 0.25) is 0 Å². The molecule has 29 heavy (non-hydrogen) atoms. The molecule has 3 aromatic rings. The monoisotopic (exact) mass is 390 g/mol. The Morgan fingerprint density at radius 1 is 0.759 bits per heavy atom. The third kappa shape index (κ3) is 4.93. The number of hydrogen-bond donors (Lipinski definition) is 2. The van der Waals surface area contributed by atoms with Gasteiger partial charge in [0.25, 0.3) is 11.8 Å². The van der Waals surface area contributed by atoms with Gasteiger partial charge in [0.05, 0.1) is 19.9 Å². The lowest BCUT2D eigenvalue weighted by Crippen LogP contribution is -2.16. The molecule has 0 fully saturated rings. The van der Waals surface area contributed by atoms with Gasteiger partial charge < -0.3 is 20.1 Å². The normalized spacial score (nSPS) is 10.2. The maximum atomic E-state index is 12.7. The number of hydrogen-bond acceptors (Lipinski definition) is 4. The summed E-state index contributed by atoms with van der Waals surface area (Å²) < 4.78 is 10.5. The highest BCUT2D eigenvalue weighted by atomic mass is 16.5. The van der Waals surface area contributed by atoms with Crippen LogP contribution in [0, 0.1) is 6.92 Å². The van der Waals surface area contributed by atoms with E-state index in [0.717, 1.165) is 5.56 Å². The van der Waals surface area contributed by atoms with Crippen LogP contribution in [-0.4, -0.2) is 26.0 Å². The molecule has 0 atom stereocenters. The number of anilines is 2. The fraction of sp³-hybridized carbons (Fsp3) is 0.130. The van der Waals surface area contributed by atoms with Crippen molar-refractivity contribution in [1.29, 1.82) is 0 Å². The Morgan fingerprint density at radius 2 is 1.41 bits per heavy atom. The molecule has 0 aliphatic rings. The van der Waals surface area contributed by atoms with Crippen molar-refractivity contribution >= 4 is 23.2 Å². The Hall–Kier alpha value is -3.80. The number of benzene rings is 3. The molecule has 148 valence electrons. The zero-order chi connectivity index (χ0) is 20.8. The molecule has 0 spiro atoms. The predicted molar refractivity (Wildman–Crippen MR) is 113 cm³/mol. The summed E-state index contributed by atoms with van der Waals surface area (Å²) >= 11 is 0. The van der Waals surface area contributed by atoms with Crippen LogP contribution in [0.1, 0.15) is 26.3 Å². The van der Waals surface area contributed by atoms with E-state index >= 15 is 0 Å². The van der Waals surface area contributed by atoms with Crippen LogP contribution >= 0.6 is 0 Å². The van der Waals surface area contributed by atoms with Crippen molar-refractivity contribution in [2.75, 3.05) is 24.9 Å². The van der Waals surface area contributed by atoms with Gasteiger partial charge in [-0.2, -0.15) is 0 Å². The van der Waals surface area contributed by atoms with E-state index in [1.165, 1.54) is 7.11 Å². The summed E-state index contributed by atoms with van der Waals surface area (Å²) in [5, 5.41) is 5.63. The second kappa shape index (κ2) is 8.93. The maximum absolute atomic E-state index is 12.7. The van der Waals surface area contributed by atoms with Gasteiger partial charge in [-0.15, -0.1) is 0 Å². The standard InChI is InChI=1S/C23H22N2O4/c1-15-7-9-18(10-8-15)24-22(26)16-5-4-6-17(13-16)23(27)25-20-12-11-19(28-2)14-21(20)29-3/h4-14H,1-3H3,(H,24,26)(H,25,27). The van der Waals surface area contributed by atoms with E-state index in [4.69, 9.17) is 9.47 Å². The van der Waals surface area contributed by atoms with Gasteiger partial charge in [0, 0.05) is 22.9 Å². The van der Waals surface area contributed by atoms with Crippen LogP contribution in [0.5, 0.6) is 11.5 Å². The number of carbonyl (C=O) groups excluding carboxylic acids is 2. The van der Waals surface area contributed by atoms with Crippen molar-refractivity contribution in [2.45, 2.75) is 6.92 Å². The Bertz CT molecular complexity index is 1030. The minimum atomic E-state index is -0.349. The number of methoxy groups -OCH3 is 2. The lowest BCUT2D eigenvalue weighted by atomic mass is 10.1. The van der Waals surface area contributed by atoms with Crippen LogP contribution in [0.2, 0.25) is 0 Å². The summed E-state index contributed by atoms with van der Waals surface area (Å²) in [6, 6.07) is 19.1.